The Balaban J connectivity index is 1.47. The molecule has 1 fully saturated rings. The first-order valence-electron chi connectivity index (χ1n) is 11.5. The van der Waals surface area contributed by atoms with Crippen LogP contribution in [0.1, 0.15) is 64.3 Å². The monoisotopic (exact) mass is 439 g/mol. The molecule has 32 heavy (non-hydrogen) atoms. The van der Waals surface area contributed by atoms with Crippen LogP contribution in [0.15, 0.2) is 35.0 Å². The Morgan fingerprint density at radius 1 is 1.34 bits per heavy atom. The van der Waals surface area contributed by atoms with Gasteiger partial charge in [0.2, 0.25) is 5.91 Å². The second-order valence-corrected chi connectivity index (χ2v) is 9.39. The highest BCUT2D eigenvalue weighted by Crippen LogP contribution is 2.34. The quantitative estimate of drug-likeness (QED) is 0.592. The summed E-state index contributed by atoms with van der Waals surface area (Å²) in [5, 5.41) is 7.51. The van der Waals surface area contributed by atoms with Gasteiger partial charge in [0, 0.05) is 49.7 Å². The number of fused-ring (bicyclic) bond motifs is 1. The summed E-state index contributed by atoms with van der Waals surface area (Å²) < 4.78 is 12.7. The highest BCUT2D eigenvalue weighted by molar-refractivity contribution is 5.76. The molecule has 172 valence electrons. The third-order valence-corrected chi connectivity index (χ3v) is 5.63. The van der Waals surface area contributed by atoms with Gasteiger partial charge >= 0.3 is 0 Å². The predicted octanol–water partition coefficient (Wildman–Crippen LogP) is 4.27. The first-order chi connectivity index (χ1) is 15.3. The molecule has 4 heterocycles. The Morgan fingerprint density at radius 3 is 2.97 bits per heavy atom. The van der Waals surface area contributed by atoms with Gasteiger partial charge in [0.25, 0.3) is 5.88 Å². The maximum atomic E-state index is 13.0. The van der Waals surface area contributed by atoms with Crippen LogP contribution in [0.2, 0.25) is 0 Å². The van der Waals surface area contributed by atoms with Crippen molar-refractivity contribution in [3.8, 4) is 5.88 Å². The third kappa shape index (κ3) is 5.06. The number of aromatic nitrogens is 3. The number of carbonyl (C=O) groups is 1. The molecule has 1 amide bonds. The van der Waals surface area contributed by atoms with Gasteiger partial charge < -0.3 is 19.5 Å². The molecular formula is C24H33N5O3. The summed E-state index contributed by atoms with van der Waals surface area (Å²) in [6.07, 6.45) is 4.94. The molecule has 1 atom stereocenters. The standard InChI is InChI=1S/C24H33N5O3/c1-5-31-20-15-18(32-27-20)11-12-21(30)28-13-8-9-17(16-28)22-23(26-24(2,3)4)29-14-7-6-10-19(29)25-22/h6-7,10,14-15,17,26H,5,8-9,11-13,16H2,1-4H3/t17-/m0/s1. The lowest BCUT2D eigenvalue weighted by molar-refractivity contribution is -0.132. The van der Waals surface area contributed by atoms with Crippen LogP contribution >= 0.6 is 0 Å². The Bertz CT molecular complexity index is 1070. The molecule has 1 N–H and O–H groups in total. The topological polar surface area (TPSA) is 84.9 Å². The summed E-state index contributed by atoms with van der Waals surface area (Å²) in [4.78, 5) is 19.9. The fourth-order valence-electron chi connectivity index (χ4n) is 4.22. The van der Waals surface area contributed by atoms with E-state index in [1.165, 1.54) is 0 Å². The number of amides is 1. The molecule has 1 aliphatic heterocycles. The number of pyridine rings is 1. The minimum Gasteiger partial charge on any atom is -0.476 e. The van der Waals surface area contributed by atoms with Crippen molar-refractivity contribution in [3.05, 3.63) is 41.9 Å². The minimum absolute atomic E-state index is 0.0951. The average molecular weight is 440 g/mol. The average Bonchev–Trinajstić information content (AvgIpc) is 3.36. The van der Waals surface area contributed by atoms with Gasteiger partial charge in [-0.3, -0.25) is 9.20 Å². The van der Waals surface area contributed by atoms with Gasteiger partial charge in [0.05, 0.1) is 12.3 Å². The summed E-state index contributed by atoms with van der Waals surface area (Å²) in [6, 6.07) is 7.81. The molecule has 0 bridgehead atoms. The van der Waals surface area contributed by atoms with E-state index in [9.17, 15) is 4.79 Å². The maximum absolute atomic E-state index is 13.0. The van der Waals surface area contributed by atoms with Crippen LogP contribution in [-0.4, -0.2) is 50.6 Å². The van der Waals surface area contributed by atoms with E-state index in [1.54, 1.807) is 6.07 Å². The van der Waals surface area contributed by atoms with E-state index in [0.29, 0.717) is 37.6 Å². The summed E-state index contributed by atoms with van der Waals surface area (Å²) in [6.45, 7) is 10.3. The largest absolute Gasteiger partial charge is 0.476 e. The van der Waals surface area contributed by atoms with Crippen LogP contribution in [0.3, 0.4) is 0 Å². The minimum atomic E-state index is -0.0951. The number of likely N-dealkylation sites (tertiary alicyclic amines) is 1. The van der Waals surface area contributed by atoms with Gasteiger partial charge in [-0.1, -0.05) is 6.07 Å². The first kappa shape index (κ1) is 22.2. The van der Waals surface area contributed by atoms with Crippen molar-refractivity contribution in [3.63, 3.8) is 0 Å². The van der Waals surface area contributed by atoms with Gasteiger partial charge in [-0.2, -0.15) is 0 Å². The molecule has 0 spiro atoms. The van der Waals surface area contributed by atoms with Crippen LogP contribution < -0.4 is 10.1 Å². The third-order valence-electron chi connectivity index (χ3n) is 5.63. The summed E-state index contributed by atoms with van der Waals surface area (Å²) in [7, 11) is 0. The van der Waals surface area contributed by atoms with Gasteiger partial charge in [-0.05, 0) is 57.8 Å². The number of carbonyl (C=O) groups excluding carboxylic acids is 1. The SMILES string of the molecule is CCOc1cc(CCC(=O)N2CCC[C@H](c3nc4ccccn4c3NC(C)(C)C)C2)on1. The smallest absolute Gasteiger partial charge is 0.254 e. The lowest BCUT2D eigenvalue weighted by Crippen LogP contribution is -2.39. The summed E-state index contributed by atoms with van der Waals surface area (Å²) in [5.74, 6) is 2.51. The van der Waals surface area contributed by atoms with Crippen LogP contribution in [0.25, 0.3) is 5.65 Å². The molecule has 0 aromatic carbocycles. The molecule has 0 aliphatic carbocycles. The number of rotatable bonds is 7. The molecule has 8 nitrogen and oxygen atoms in total. The number of piperidine rings is 1. The van der Waals surface area contributed by atoms with Gasteiger partial charge in [-0.15, -0.1) is 0 Å². The molecule has 4 rings (SSSR count). The van der Waals surface area contributed by atoms with Crippen molar-refractivity contribution < 1.29 is 14.1 Å². The molecule has 3 aromatic heterocycles. The molecule has 8 heteroatoms. The van der Waals surface area contributed by atoms with E-state index in [4.69, 9.17) is 14.2 Å². The van der Waals surface area contributed by atoms with E-state index >= 15 is 0 Å². The maximum Gasteiger partial charge on any atom is 0.254 e. The lowest BCUT2D eigenvalue weighted by atomic mass is 9.93. The molecule has 0 radical (unpaired) electrons. The number of nitrogens with one attached hydrogen (secondary N) is 1. The van der Waals surface area contributed by atoms with E-state index in [0.717, 1.165) is 36.5 Å². The van der Waals surface area contributed by atoms with Crippen molar-refractivity contribution in [2.45, 2.75) is 64.8 Å². The number of imidazole rings is 1. The van der Waals surface area contributed by atoms with Crippen LogP contribution in [0.5, 0.6) is 5.88 Å². The molecule has 0 unspecified atom stereocenters. The zero-order chi connectivity index (χ0) is 22.7. The zero-order valence-electron chi connectivity index (χ0n) is 19.4. The van der Waals surface area contributed by atoms with Crippen molar-refractivity contribution in [2.75, 3.05) is 25.0 Å². The number of aryl methyl sites for hydroxylation is 1. The van der Waals surface area contributed by atoms with Gasteiger partial charge in [0.1, 0.15) is 17.2 Å². The van der Waals surface area contributed by atoms with Gasteiger partial charge in [0.15, 0.2) is 0 Å². The second-order valence-electron chi connectivity index (χ2n) is 9.39. The fraction of sp³-hybridized carbons (Fsp3) is 0.542. The van der Waals surface area contributed by atoms with E-state index in [1.807, 2.05) is 36.2 Å². The molecule has 3 aromatic rings. The lowest BCUT2D eigenvalue weighted by Gasteiger charge is -2.33. The Morgan fingerprint density at radius 2 is 2.19 bits per heavy atom. The van der Waals surface area contributed by atoms with Crippen LogP contribution in [-0.2, 0) is 11.2 Å². The van der Waals surface area contributed by atoms with E-state index < -0.39 is 0 Å². The Kier molecular flexibility index (Phi) is 6.39. The number of ether oxygens (including phenoxy) is 1. The van der Waals surface area contributed by atoms with Crippen molar-refractivity contribution >= 4 is 17.4 Å². The Hall–Kier alpha value is -3.03. The van der Waals surface area contributed by atoms with Crippen LogP contribution in [0, 0.1) is 0 Å². The second kappa shape index (κ2) is 9.22. The van der Waals surface area contributed by atoms with Crippen LogP contribution in [0.4, 0.5) is 5.82 Å². The first-order valence-corrected chi connectivity index (χ1v) is 11.5. The number of anilines is 1. The van der Waals surface area contributed by atoms with Gasteiger partial charge in [-0.25, -0.2) is 4.98 Å². The zero-order valence-corrected chi connectivity index (χ0v) is 19.4. The van der Waals surface area contributed by atoms with Crippen molar-refractivity contribution in [1.29, 1.82) is 0 Å². The highest BCUT2D eigenvalue weighted by Gasteiger charge is 2.30. The Labute approximate surface area is 188 Å². The highest BCUT2D eigenvalue weighted by atomic mass is 16.5. The number of hydrogen-bond acceptors (Lipinski definition) is 6. The van der Waals surface area contributed by atoms with E-state index in [-0.39, 0.29) is 17.4 Å². The summed E-state index contributed by atoms with van der Waals surface area (Å²) >= 11 is 0. The number of nitrogens with zero attached hydrogens (tertiary/aromatic N) is 4. The van der Waals surface area contributed by atoms with Crippen molar-refractivity contribution in [1.82, 2.24) is 19.4 Å². The summed E-state index contributed by atoms with van der Waals surface area (Å²) in [5.41, 5.74) is 1.87. The molecule has 0 saturated carbocycles. The predicted molar refractivity (Wildman–Crippen MR) is 123 cm³/mol. The molecule has 1 saturated heterocycles. The van der Waals surface area contributed by atoms with Crippen molar-refractivity contribution in [2.24, 2.45) is 0 Å². The molecular weight excluding hydrogens is 406 g/mol. The fourth-order valence-corrected chi connectivity index (χ4v) is 4.22. The normalized spacial score (nSPS) is 17.0. The molecule has 1 aliphatic rings. The number of hydrogen-bond donors (Lipinski definition) is 1. The van der Waals surface area contributed by atoms with E-state index in [2.05, 4.69) is 35.6 Å².